The number of hydrogen-bond acceptors (Lipinski definition) is 4. The van der Waals surface area contributed by atoms with Crippen LogP contribution < -0.4 is 5.73 Å². The fourth-order valence-electron chi connectivity index (χ4n) is 2.11. The molecule has 0 aliphatic carbocycles. The zero-order chi connectivity index (χ0) is 17.5. The number of rotatable bonds is 9. The Morgan fingerprint density at radius 3 is 2.39 bits per heavy atom. The summed E-state index contributed by atoms with van der Waals surface area (Å²) in [6.07, 6.45) is 0.693. The Morgan fingerprint density at radius 1 is 1.17 bits per heavy atom. The zero-order valence-corrected chi connectivity index (χ0v) is 16.1. The van der Waals surface area contributed by atoms with E-state index in [0.717, 1.165) is 23.8 Å². The van der Waals surface area contributed by atoms with Gasteiger partial charge in [-0.15, -0.1) is 0 Å². The van der Waals surface area contributed by atoms with Crippen LogP contribution in [0.4, 0.5) is 5.69 Å². The molecule has 0 bridgehead atoms. The van der Waals surface area contributed by atoms with Crippen molar-refractivity contribution in [2.45, 2.75) is 51.9 Å². The number of nitrogens with two attached hydrogens (primary N) is 1. The van der Waals surface area contributed by atoms with Crippen molar-refractivity contribution in [2.75, 3.05) is 25.7 Å². The van der Waals surface area contributed by atoms with Gasteiger partial charge in [0, 0.05) is 14.7 Å². The van der Waals surface area contributed by atoms with E-state index in [4.69, 9.17) is 15.2 Å². The van der Waals surface area contributed by atoms with Gasteiger partial charge in [0.1, 0.15) is 12.9 Å². The van der Waals surface area contributed by atoms with Crippen LogP contribution in [0.15, 0.2) is 12.1 Å². The lowest BCUT2D eigenvalue weighted by molar-refractivity contribution is -0.0483. The third kappa shape index (κ3) is 7.17. The molecular weight excluding hydrogens is 304 g/mol. The number of anilines is 1. The topological polar surface area (TPSA) is 68.3 Å². The molecule has 0 heterocycles. The van der Waals surface area contributed by atoms with Crippen LogP contribution in [0.2, 0.25) is 25.7 Å². The van der Waals surface area contributed by atoms with Crippen molar-refractivity contribution >= 4 is 13.8 Å². The average molecular weight is 335 g/mol. The standard InChI is InChI=1S/C18H30N2O2Si/c1-14(2)16-10-15(18(20)17(11-16)12-19)6-7-21-13-22-8-9-23(3,4)5/h10-11,14H,6-9,13,20H2,1-5H3. The molecule has 0 radical (unpaired) electrons. The number of nitriles is 1. The van der Waals surface area contributed by atoms with Crippen LogP contribution >= 0.6 is 0 Å². The van der Waals surface area contributed by atoms with Gasteiger partial charge in [-0.25, -0.2) is 0 Å². The molecule has 0 aromatic heterocycles. The average Bonchev–Trinajstić information content (AvgIpc) is 2.46. The Balaban J connectivity index is 2.46. The minimum absolute atomic E-state index is 0.319. The van der Waals surface area contributed by atoms with Crippen LogP contribution in [0.25, 0.3) is 0 Å². The lowest BCUT2D eigenvalue weighted by atomic mass is 9.95. The number of benzene rings is 1. The molecule has 0 saturated carbocycles. The Morgan fingerprint density at radius 2 is 1.83 bits per heavy atom. The first kappa shape index (κ1) is 19.7. The molecule has 0 aliphatic rings. The Bertz CT molecular complexity index is 545. The van der Waals surface area contributed by atoms with E-state index in [-0.39, 0.29) is 0 Å². The second-order valence-electron chi connectivity index (χ2n) is 7.40. The minimum Gasteiger partial charge on any atom is -0.397 e. The third-order valence-electron chi connectivity index (χ3n) is 3.75. The first-order chi connectivity index (χ1) is 10.7. The highest BCUT2D eigenvalue weighted by molar-refractivity contribution is 6.76. The molecule has 1 aromatic carbocycles. The zero-order valence-electron chi connectivity index (χ0n) is 15.1. The summed E-state index contributed by atoms with van der Waals surface area (Å²) in [4.78, 5) is 0. The molecule has 128 valence electrons. The van der Waals surface area contributed by atoms with E-state index in [2.05, 4.69) is 45.6 Å². The summed E-state index contributed by atoms with van der Waals surface area (Å²) < 4.78 is 11.0. The highest BCUT2D eigenvalue weighted by Crippen LogP contribution is 2.25. The molecule has 2 N–H and O–H groups in total. The quantitative estimate of drug-likeness (QED) is 0.319. The summed E-state index contributed by atoms with van der Waals surface area (Å²) in [6.45, 7) is 12.8. The molecule has 23 heavy (non-hydrogen) atoms. The fourth-order valence-corrected chi connectivity index (χ4v) is 2.86. The van der Waals surface area contributed by atoms with Gasteiger partial charge in [-0.3, -0.25) is 0 Å². The van der Waals surface area contributed by atoms with Gasteiger partial charge in [0.15, 0.2) is 0 Å². The first-order valence-electron chi connectivity index (χ1n) is 8.22. The predicted octanol–water partition coefficient (Wildman–Crippen LogP) is 4.14. The molecule has 1 aromatic rings. The Labute approximate surface area is 141 Å². The van der Waals surface area contributed by atoms with Gasteiger partial charge in [0.2, 0.25) is 0 Å². The maximum absolute atomic E-state index is 9.21. The minimum atomic E-state index is -1.04. The lowest BCUT2D eigenvalue weighted by Gasteiger charge is -2.15. The van der Waals surface area contributed by atoms with E-state index in [1.807, 2.05) is 6.07 Å². The van der Waals surface area contributed by atoms with Gasteiger partial charge >= 0.3 is 0 Å². The lowest BCUT2D eigenvalue weighted by Crippen LogP contribution is -2.22. The van der Waals surface area contributed by atoms with E-state index in [0.29, 0.717) is 37.0 Å². The van der Waals surface area contributed by atoms with Crippen molar-refractivity contribution in [3.8, 4) is 6.07 Å². The monoisotopic (exact) mass is 334 g/mol. The first-order valence-corrected chi connectivity index (χ1v) is 11.9. The number of nitrogen functional groups attached to an aromatic ring is 1. The normalized spacial score (nSPS) is 11.7. The van der Waals surface area contributed by atoms with E-state index in [1.165, 1.54) is 0 Å². The second kappa shape index (κ2) is 9.07. The highest BCUT2D eigenvalue weighted by atomic mass is 28.3. The van der Waals surface area contributed by atoms with Crippen molar-refractivity contribution < 1.29 is 9.47 Å². The van der Waals surface area contributed by atoms with Crippen molar-refractivity contribution in [2.24, 2.45) is 0 Å². The second-order valence-corrected chi connectivity index (χ2v) is 13.0. The van der Waals surface area contributed by atoms with Crippen molar-refractivity contribution in [1.29, 1.82) is 5.26 Å². The molecule has 5 heteroatoms. The van der Waals surface area contributed by atoms with E-state index < -0.39 is 8.07 Å². The van der Waals surface area contributed by atoms with Crippen LogP contribution in [-0.2, 0) is 15.9 Å². The number of nitrogens with zero attached hydrogens (tertiary/aromatic N) is 1. The molecule has 0 unspecified atom stereocenters. The van der Waals surface area contributed by atoms with Gasteiger partial charge < -0.3 is 15.2 Å². The van der Waals surface area contributed by atoms with Crippen LogP contribution in [0.3, 0.4) is 0 Å². The van der Waals surface area contributed by atoms with Gasteiger partial charge in [-0.2, -0.15) is 5.26 Å². The molecule has 1 rings (SSSR count). The number of ether oxygens (including phenoxy) is 2. The summed E-state index contributed by atoms with van der Waals surface area (Å²) in [5.74, 6) is 0.368. The van der Waals surface area contributed by atoms with Crippen LogP contribution in [0.5, 0.6) is 0 Å². The molecule has 0 amide bonds. The summed E-state index contributed by atoms with van der Waals surface area (Å²) >= 11 is 0. The van der Waals surface area contributed by atoms with Crippen LogP contribution in [-0.4, -0.2) is 28.1 Å². The smallest absolute Gasteiger partial charge is 0.146 e. The SMILES string of the molecule is CC(C)c1cc(C#N)c(N)c(CCOCOCC[Si](C)(C)C)c1. The van der Waals surface area contributed by atoms with E-state index in [1.54, 1.807) is 0 Å². The molecule has 0 aliphatic heterocycles. The summed E-state index contributed by atoms with van der Waals surface area (Å²) in [6, 6.07) is 7.28. The van der Waals surface area contributed by atoms with E-state index in [9.17, 15) is 5.26 Å². The largest absolute Gasteiger partial charge is 0.397 e. The maximum Gasteiger partial charge on any atom is 0.146 e. The highest BCUT2D eigenvalue weighted by Gasteiger charge is 2.12. The molecule has 0 atom stereocenters. The molecule has 4 nitrogen and oxygen atoms in total. The molecule has 0 saturated heterocycles. The van der Waals surface area contributed by atoms with Crippen molar-refractivity contribution in [1.82, 2.24) is 0 Å². The van der Waals surface area contributed by atoms with E-state index >= 15 is 0 Å². The van der Waals surface area contributed by atoms with Crippen LogP contribution in [0, 0.1) is 11.3 Å². The summed E-state index contributed by atoms with van der Waals surface area (Å²) in [7, 11) is -1.04. The van der Waals surface area contributed by atoms with Crippen LogP contribution in [0.1, 0.15) is 36.5 Å². The van der Waals surface area contributed by atoms with Gasteiger partial charge in [0.25, 0.3) is 0 Å². The van der Waals surface area contributed by atoms with Crippen molar-refractivity contribution in [3.63, 3.8) is 0 Å². The van der Waals surface area contributed by atoms with Gasteiger partial charge in [0.05, 0.1) is 17.9 Å². The van der Waals surface area contributed by atoms with Gasteiger partial charge in [-0.05, 0) is 35.6 Å². The fraction of sp³-hybridized carbons (Fsp3) is 0.611. The molecule has 0 spiro atoms. The summed E-state index contributed by atoms with van der Waals surface area (Å²) in [5, 5.41) is 9.21. The molecule has 0 fully saturated rings. The third-order valence-corrected chi connectivity index (χ3v) is 5.46. The molecular formula is C18H30N2O2Si. The van der Waals surface area contributed by atoms with Crippen molar-refractivity contribution in [3.05, 3.63) is 28.8 Å². The maximum atomic E-state index is 9.21. The predicted molar refractivity (Wildman–Crippen MR) is 98.3 cm³/mol. The Hall–Kier alpha value is -1.35. The summed E-state index contributed by atoms with van der Waals surface area (Å²) in [5.41, 5.74) is 9.31. The number of hydrogen-bond donors (Lipinski definition) is 1. The Kier molecular flexibility index (Phi) is 7.76. The van der Waals surface area contributed by atoms with Gasteiger partial charge in [-0.1, -0.05) is 39.6 Å².